The van der Waals surface area contributed by atoms with E-state index in [-0.39, 0.29) is 5.41 Å². The van der Waals surface area contributed by atoms with Crippen LogP contribution in [0.3, 0.4) is 0 Å². The van der Waals surface area contributed by atoms with E-state index in [9.17, 15) is 0 Å². The first-order valence-electron chi connectivity index (χ1n) is 5.62. The summed E-state index contributed by atoms with van der Waals surface area (Å²) in [5.41, 5.74) is 6.71. The summed E-state index contributed by atoms with van der Waals surface area (Å²) in [4.78, 5) is 13.1. The van der Waals surface area contributed by atoms with Crippen LogP contribution < -0.4 is 5.73 Å². The van der Waals surface area contributed by atoms with Crippen LogP contribution in [0.4, 0.5) is 5.82 Å². The molecule has 0 unspecified atom stereocenters. The van der Waals surface area contributed by atoms with Gasteiger partial charge in [-0.15, -0.1) is 0 Å². The van der Waals surface area contributed by atoms with Gasteiger partial charge in [-0.1, -0.05) is 20.8 Å². The molecule has 0 aliphatic rings. The molecule has 0 aliphatic heterocycles. The molecule has 0 radical (unpaired) electrons. The van der Waals surface area contributed by atoms with Gasteiger partial charge in [-0.2, -0.15) is 0 Å². The summed E-state index contributed by atoms with van der Waals surface area (Å²) >= 11 is 3.45. The summed E-state index contributed by atoms with van der Waals surface area (Å²) < 4.78 is 2.63. The minimum absolute atomic E-state index is 0.115. The highest BCUT2D eigenvalue weighted by Crippen LogP contribution is 2.32. The van der Waals surface area contributed by atoms with Crippen molar-refractivity contribution >= 4 is 21.7 Å². The highest BCUT2D eigenvalue weighted by Gasteiger charge is 2.23. The first-order valence-corrected chi connectivity index (χ1v) is 6.41. The zero-order valence-corrected chi connectivity index (χ0v) is 12.5. The molecule has 0 saturated heterocycles. The Labute approximate surface area is 115 Å². The fourth-order valence-electron chi connectivity index (χ4n) is 1.64. The summed E-state index contributed by atoms with van der Waals surface area (Å²) in [5.74, 6) is 1.70. The maximum atomic E-state index is 5.94. The van der Waals surface area contributed by atoms with E-state index >= 15 is 0 Å². The molecule has 96 valence electrons. The second kappa shape index (κ2) is 4.35. The van der Waals surface area contributed by atoms with Crippen molar-refractivity contribution < 1.29 is 0 Å². The molecule has 0 atom stereocenters. The highest BCUT2D eigenvalue weighted by atomic mass is 79.9. The lowest BCUT2D eigenvalue weighted by Crippen LogP contribution is -2.17. The lowest BCUT2D eigenvalue weighted by Gasteiger charge is -2.20. The molecule has 0 bridgehead atoms. The van der Waals surface area contributed by atoms with Gasteiger partial charge in [0.1, 0.15) is 5.82 Å². The van der Waals surface area contributed by atoms with Crippen LogP contribution in [0.1, 0.15) is 26.5 Å². The van der Waals surface area contributed by atoms with Gasteiger partial charge in [-0.25, -0.2) is 15.0 Å². The van der Waals surface area contributed by atoms with Crippen LogP contribution >= 0.6 is 15.9 Å². The Bertz CT molecular complexity index is 583. The number of halogens is 1. The SMILES string of the molecule is Cn1ccnc1-c1nc(N)c(Br)c(C(C)(C)C)n1. The number of nitrogen functional groups attached to an aromatic ring is 1. The number of rotatable bonds is 1. The van der Waals surface area contributed by atoms with Gasteiger partial charge in [0, 0.05) is 24.9 Å². The fourth-order valence-corrected chi connectivity index (χ4v) is 2.41. The van der Waals surface area contributed by atoms with E-state index in [0.29, 0.717) is 17.5 Å². The molecule has 2 rings (SSSR count). The Kier molecular flexibility index (Phi) is 3.14. The molecule has 2 aromatic heterocycles. The van der Waals surface area contributed by atoms with Crippen LogP contribution in [-0.4, -0.2) is 19.5 Å². The molecule has 0 amide bonds. The van der Waals surface area contributed by atoms with Crippen LogP contribution in [0.25, 0.3) is 11.6 Å². The molecule has 2 heterocycles. The Morgan fingerprint density at radius 3 is 2.44 bits per heavy atom. The van der Waals surface area contributed by atoms with Gasteiger partial charge >= 0.3 is 0 Å². The van der Waals surface area contributed by atoms with E-state index in [4.69, 9.17) is 5.73 Å². The second-order valence-electron chi connectivity index (χ2n) is 5.21. The van der Waals surface area contributed by atoms with Crippen LogP contribution in [-0.2, 0) is 12.5 Å². The van der Waals surface area contributed by atoms with Gasteiger partial charge < -0.3 is 10.3 Å². The number of nitrogens with zero attached hydrogens (tertiary/aromatic N) is 4. The minimum atomic E-state index is -0.115. The number of hydrogen-bond acceptors (Lipinski definition) is 4. The van der Waals surface area contributed by atoms with Crippen LogP contribution in [0.15, 0.2) is 16.9 Å². The molecule has 2 N–H and O–H groups in total. The van der Waals surface area contributed by atoms with Gasteiger partial charge in [0.25, 0.3) is 0 Å². The molecule has 0 spiro atoms. The van der Waals surface area contributed by atoms with Gasteiger partial charge in [0.2, 0.25) is 0 Å². The summed E-state index contributed by atoms with van der Waals surface area (Å²) in [7, 11) is 1.90. The third-order valence-corrected chi connectivity index (χ3v) is 3.39. The number of anilines is 1. The Hall–Kier alpha value is -1.43. The Morgan fingerprint density at radius 2 is 1.94 bits per heavy atom. The predicted molar refractivity (Wildman–Crippen MR) is 75.0 cm³/mol. The topological polar surface area (TPSA) is 69.6 Å². The Morgan fingerprint density at radius 1 is 1.28 bits per heavy atom. The monoisotopic (exact) mass is 309 g/mol. The van der Waals surface area contributed by atoms with Crippen molar-refractivity contribution in [2.24, 2.45) is 7.05 Å². The highest BCUT2D eigenvalue weighted by molar-refractivity contribution is 9.10. The van der Waals surface area contributed by atoms with E-state index in [1.165, 1.54) is 0 Å². The summed E-state index contributed by atoms with van der Waals surface area (Å²) in [6.07, 6.45) is 3.57. The molecule has 5 nitrogen and oxygen atoms in total. The molecule has 0 saturated carbocycles. The summed E-state index contributed by atoms with van der Waals surface area (Å²) in [6, 6.07) is 0. The number of nitrogens with two attached hydrogens (primary N) is 1. The van der Waals surface area contributed by atoms with E-state index in [1.54, 1.807) is 6.20 Å². The molecule has 0 aliphatic carbocycles. The fraction of sp³-hybridized carbons (Fsp3) is 0.417. The lowest BCUT2D eigenvalue weighted by molar-refractivity contribution is 0.564. The maximum absolute atomic E-state index is 5.94. The predicted octanol–water partition coefficient (Wildman–Crippen LogP) is 2.52. The number of aromatic nitrogens is 4. The molecular weight excluding hydrogens is 294 g/mol. The van der Waals surface area contributed by atoms with E-state index in [1.807, 2.05) is 17.8 Å². The second-order valence-corrected chi connectivity index (χ2v) is 6.00. The van der Waals surface area contributed by atoms with Crippen molar-refractivity contribution in [1.82, 2.24) is 19.5 Å². The number of imidazole rings is 1. The molecule has 6 heteroatoms. The average molecular weight is 310 g/mol. The van der Waals surface area contributed by atoms with Gasteiger partial charge in [-0.05, 0) is 15.9 Å². The zero-order valence-electron chi connectivity index (χ0n) is 10.9. The van der Waals surface area contributed by atoms with Crippen molar-refractivity contribution in [1.29, 1.82) is 0 Å². The van der Waals surface area contributed by atoms with Crippen molar-refractivity contribution in [2.45, 2.75) is 26.2 Å². The van der Waals surface area contributed by atoms with Crippen LogP contribution in [0.2, 0.25) is 0 Å². The number of aryl methyl sites for hydroxylation is 1. The van der Waals surface area contributed by atoms with E-state index < -0.39 is 0 Å². The van der Waals surface area contributed by atoms with Crippen LogP contribution in [0.5, 0.6) is 0 Å². The van der Waals surface area contributed by atoms with Crippen molar-refractivity contribution in [3.63, 3.8) is 0 Å². The lowest BCUT2D eigenvalue weighted by atomic mass is 9.92. The molecule has 18 heavy (non-hydrogen) atoms. The quantitative estimate of drug-likeness (QED) is 0.878. The van der Waals surface area contributed by atoms with E-state index in [2.05, 4.69) is 51.7 Å². The van der Waals surface area contributed by atoms with Crippen molar-refractivity contribution in [3.8, 4) is 11.6 Å². The summed E-state index contributed by atoms with van der Waals surface area (Å²) in [5, 5.41) is 0. The third-order valence-electron chi connectivity index (χ3n) is 2.61. The third kappa shape index (κ3) is 2.25. The zero-order chi connectivity index (χ0) is 13.5. The average Bonchev–Trinajstić information content (AvgIpc) is 2.66. The minimum Gasteiger partial charge on any atom is -0.383 e. The van der Waals surface area contributed by atoms with Gasteiger partial charge in [-0.3, -0.25) is 0 Å². The Balaban J connectivity index is 2.66. The summed E-state index contributed by atoms with van der Waals surface area (Å²) in [6.45, 7) is 6.26. The first-order chi connectivity index (χ1) is 8.30. The molecule has 0 aromatic carbocycles. The number of hydrogen-bond donors (Lipinski definition) is 1. The maximum Gasteiger partial charge on any atom is 0.198 e. The molecule has 2 aromatic rings. The van der Waals surface area contributed by atoms with Gasteiger partial charge in [0.05, 0.1) is 10.2 Å². The molecule has 0 fully saturated rings. The van der Waals surface area contributed by atoms with Crippen LogP contribution in [0, 0.1) is 0 Å². The van der Waals surface area contributed by atoms with Gasteiger partial charge in [0.15, 0.2) is 11.6 Å². The van der Waals surface area contributed by atoms with Crippen molar-refractivity contribution in [2.75, 3.05) is 5.73 Å². The smallest absolute Gasteiger partial charge is 0.198 e. The molecular formula is C12H16BrN5. The normalized spacial score (nSPS) is 11.8. The largest absolute Gasteiger partial charge is 0.383 e. The standard InChI is InChI=1S/C12H16BrN5/c1-12(2,3)8-7(13)9(14)17-10(16-8)11-15-5-6-18(11)4/h5-6H,1-4H3,(H2,14,16,17). The van der Waals surface area contributed by atoms with E-state index in [0.717, 1.165) is 10.2 Å². The first kappa shape index (κ1) is 13.0. The van der Waals surface area contributed by atoms with Crippen molar-refractivity contribution in [3.05, 3.63) is 22.6 Å².